The van der Waals surface area contributed by atoms with Crippen LogP contribution in [-0.4, -0.2) is 36.5 Å². The highest BCUT2D eigenvalue weighted by Gasteiger charge is 2.26. The van der Waals surface area contributed by atoms with E-state index in [1.807, 2.05) is 18.2 Å². The van der Waals surface area contributed by atoms with Crippen LogP contribution in [0, 0.1) is 3.57 Å². The summed E-state index contributed by atoms with van der Waals surface area (Å²) in [5, 5.41) is 2.57. The Kier molecular flexibility index (Phi) is 3.82. The van der Waals surface area contributed by atoms with Crippen LogP contribution in [-0.2, 0) is 4.79 Å². The first-order valence-corrected chi connectivity index (χ1v) is 6.21. The van der Waals surface area contributed by atoms with E-state index >= 15 is 0 Å². The van der Waals surface area contributed by atoms with Gasteiger partial charge in [0.25, 0.3) is 5.91 Å². The maximum atomic E-state index is 11.7. The molecule has 6 heteroatoms. The minimum absolute atomic E-state index is 0.118. The fourth-order valence-electron chi connectivity index (χ4n) is 1.49. The van der Waals surface area contributed by atoms with Gasteiger partial charge in [-0.25, -0.2) is 4.79 Å². The fourth-order valence-corrected chi connectivity index (χ4v) is 2.00. The molecule has 1 saturated heterocycles. The summed E-state index contributed by atoms with van der Waals surface area (Å²) in [5.74, 6) is 0.309. The highest BCUT2D eigenvalue weighted by Crippen LogP contribution is 2.14. The van der Waals surface area contributed by atoms with Gasteiger partial charge in [0.05, 0.1) is 0 Å². The molecule has 3 amide bonds. The second-order valence-electron chi connectivity index (χ2n) is 3.52. The Balaban J connectivity index is 1.90. The zero-order valence-corrected chi connectivity index (χ0v) is 11.1. The van der Waals surface area contributed by atoms with Crippen LogP contribution in [0.5, 0.6) is 5.75 Å². The third kappa shape index (κ3) is 3.09. The summed E-state index contributed by atoms with van der Waals surface area (Å²) in [5.41, 5.74) is 0. The number of nitrogens with zero attached hydrogens (tertiary/aromatic N) is 1. The number of imide groups is 1. The molecule has 1 aliphatic heterocycles. The van der Waals surface area contributed by atoms with Crippen LogP contribution in [0.4, 0.5) is 4.79 Å². The zero-order chi connectivity index (χ0) is 12.3. The van der Waals surface area contributed by atoms with Gasteiger partial charge in [-0.3, -0.25) is 9.69 Å². The number of hydrogen-bond donors (Lipinski definition) is 1. The number of nitrogens with one attached hydrogen (secondary N) is 1. The van der Waals surface area contributed by atoms with E-state index in [1.165, 1.54) is 0 Å². The third-order valence-corrected chi connectivity index (χ3v) is 2.99. The molecule has 0 spiro atoms. The van der Waals surface area contributed by atoms with Gasteiger partial charge in [0.15, 0.2) is 6.61 Å². The largest absolute Gasteiger partial charge is 0.484 e. The standard InChI is InChI=1S/C11H11IN2O3/c12-8-2-1-3-9(6-8)17-7-10(15)14-5-4-13-11(14)16/h1-3,6H,4-5,7H2,(H,13,16). The molecule has 0 saturated carbocycles. The van der Waals surface area contributed by atoms with Gasteiger partial charge in [-0.1, -0.05) is 6.07 Å². The van der Waals surface area contributed by atoms with Crippen molar-refractivity contribution >= 4 is 34.5 Å². The summed E-state index contributed by atoms with van der Waals surface area (Å²) < 4.78 is 6.37. The lowest BCUT2D eigenvalue weighted by molar-refractivity contribution is -0.129. The SMILES string of the molecule is O=C(COc1cccc(I)c1)N1CCNC1=O. The Morgan fingerprint density at radius 3 is 3.00 bits per heavy atom. The van der Waals surface area contributed by atoms with Gasteiger partial charge in [-0.2, -0.15) is 0 Å². The first-order valence-electron chi connectivity index (χ1n) is 5.13. The number of halogens is 1. The molecule has 5 nitrogen and oxygen atoms in total. The predicted molar refractivity (Wildman–Crippen MR) is 69.8 cm³/mol. The van der Waals surface area contributed by atoms with Gasteiger partial charge in [0.1, 0.15) is 5.75 Å². The van der Waals surface area contributed by atoms with Crippen LogP contribution in [0.2, 0.25) is 0 Å². The van der Waals surface area contributed by atoms with Crippen molar-refractivity contribution in [2.45, 2.75) is 0 Å². The first-order chi connectivity index (χ1) is 8.16. The quantitative estimate of drug-likeness (QED) is 0.838. The van der Waals surface area contributed by atoms with Crippen LogP contribution in [0.1, 0.15) is 0 Å². The molecule has 90 valence electrons. The highest BCUT2D eigenvalue weighted by molar-refractivity contribution is 14.1. The van der Waals surface area contributed by atoms with Crippen LogP contribution in [0.15, 0.2) is 24.3 Å². The van der Waals surface area contributed by atoms with Crippen molar-refractivity contribution in [3.05, 3.63) is 27.8 Å². The van der Waals surface area contributed by atoms with Gasteiger partial charge in [0, 0.05) is 16.7 Å². The minimum Gasteiger partial charge on any atom is -0.484 e. The summed E-state index contributed by atoms with van der Waals surface area (Å²) in [6, 6.07) is 7.05. The Labute approximate surface area is 112 Å². The Morgan fingerprint density at radius 2 is 2.35 bits per heavy atom. The van der Waals surface area contributed by atoms with Crippen molar-refractivity contribution < 1.29 is 14.3 Å². The van der Waals surface area contributed by atoms with E-state index in [-0.39, 0.29) is 18.5 Å². The van der Waals surface area contributed by atoms with Crippen molar-refractivity contribution in [1.82, 2.24) is 10.2 Å². The number of urea groups is 1. The molecule has 0 atom stereocenters. The number of rotatable bonds is 3. The molecule has 17 heavy (non-hydrogen) atoms. The average molecular weight is 346 g/mol. The van der Waals surface area contributed by atoms with Crippen LogP contribution >= 0.6 is 22.6 Å². The van der Waals surface area contributed by atoms with Gasteiger partial charge in [0.2, 0.25) is 0 Å². The summed E-state index contributed by atoms with van der Waals surface area (Å²) in [4.78, 5) is 24.0. The molecule has 1 aromatic rings. The van der Waals surface area contributed by atoms with E-state index in [2.05, 4.69) is 27.9 Å². The van der Waals surface area contributed by atoms with E-state index in [9.17, 15) is 9.59 Å². The molecule has 0 unspecified atom stereocenters. The van der Waals surface area contributed by atoms with Gasteiger partial charge in [-0.15, -0.1) is 0 Å². The first kappa shape index (κ1) is 12.2. The van der Waals surface area contributed by atoms with Crippen LogP contribution < -0.4 is 10.1 Å². The number of ether oxygens (including phenoxy) is 1. The number of benzene rings is 1. The summed E-state index contributed by atoms with van der Waals surface area (Å²) in [6.45, 7) is 0.800. The number of carbonyl (C=O) groups is 2. The lowest BCUT2D eigenvalue weighted by Crippen LogP contribution is -2.37. The number of hydrogen-bond acceptors (Lipinski definition) is 3. The maximum absolute atomic E-state index is 11.7. The van der Waals surface area contributed by atoms with Crippen molar-refractivity contribution in [2.24, 2.45) is 0 Å². The molecule has 0 bridgehead atoms. The lowest BCUT2D eigenvalue weighted by Gasteiger charge is -2.12. The molecule has 1 fully saturated rings. The van der Waals surface area contributed by atoms with Gasteiger partial charge < -0.3 is 10.1 Å². The molecule has 2 rings (SSSR count). The summed E-state index contributed by atoms with van der Waals surface area (Å²) >= 11 is 2.16. The second kappa shape index (κ2) is 5.35. The smallest absolute Gasteiger partial charge is 0.324 e. The van der Waals surface area contributed by atoms with Gasteiger partial charge >= 0.3 is 6.03 Å². The molecule has 0 aromatic heterocycles. The number of carbonyl (C=O) groups excluding carboxylic acids is 2. The van der Waals surface area contributed by atoms with E-state index in [0.29, 0.717) is 18.8 Å². The van der Waals surface area contributed by atoms with Gasteiger partial charge in [-0.05, 0) is 40.8 Å². The normalized spacial score (nSPS) is 14.6. The van der Waals surface area contributed by atoms with Crippen LogP contribution in [0.3, 0.4) is 0 Å². The van der Waals surface area contributed by atoms with Crippen molar-refractivity contribution in [3.63, 3.8) is 0 Å². The summed E-state index contributed by atoms with van der Waals surface area (Å²) in [6.07, 6.45) is 0. The number of amides is 3. The maximum Gasteiger partial charge on any atom is 0.324 e. The zero-order valence-electron chi connectivity index (χ0n) is 8.98. The molecule has 0 radical (unpaired) electrons. The highest BCUT2D eigenvalue weighted by atomic mass is 127. The lowest BCUT2D eigenvalue weighted by atomic mass is 10.3. The topological polar surface area (TPSA) is 58.6 Å². The Hall–Kier alpha value is -1.31. The molecule has 1 aliphatic rings. The minimum atomic E-state index is -0.346. The molecular weight excluding hydrogens is 335 g/mol. The average Bonchev–Trinajstić information content (AvgIpc) is 2.72. The third-order valence-electron chi connectivity index (χ3n) is 2.32. The second-order valence-corrected chi connectivity index (χ2v) is 4.77. The van der Waals surface area contributed by atoms with Crippen molar-refractivity contribution in [1.29, 1.82) is 0 Å². The van der Waals surface area contributed by atoms with E-state index < -0.39 is 0 Å². The molecule has 0 aliphatic carbocycles. The van der Waals surface area contributed by atoms with Crippen molar-refractivity contribution in [2.75, 3.05) is 19.7 Å². The van der Waals surface area contributed by atoms with E-state index in [4.69, 9.17) is 4.74 Å². The molecule has 1 aromatic carbocycles. The van der Waals surface area contributed by atoms with Crippen LogP contribution in [0.25, 0.3) is 0 Å². The van der Waals surface area contributed by atoms with E-state index in [0.717, 1.165) is 8.47 Å². The molecule has 1 N–H and O–H groups in total. The fraction of sp³-hybridized carbons (Fsp3) is 0.273. The predicted octanol–water partition coefficient (Wildman–Crippen LogP) is 1.22. The monoisotopic (exact) mass is 346 g/mol. The summed E-state index contributed by atoms with van der Waals surface area (Å²) in [7, 11) is 0. The molecular formula is C11H11IN2O3. The van der Waals surface area contributed by atoms with E-state index in [1.54, 1.807) is 6.07 Å². The molecule has 1 heterocycles. The Bertz CT molecular complexity index is 450. The van der Waals surface area contributed by atoms with Crippen molar-refractivity contribution in [3.8, 4) is 5.75 Å². The Morgan fingerprint density at radius 1 is 1.53 bits per heavy atom.